The highest BCUT2D eigenvalue weighted by Crippen LogP contribution is 2.31. The number of benzene rings is 1. The molecule has 1 aromatic heterocycles. The molecular formula is C12H12FN3S. The van der Waals surface area contributed by atoms with Crippen LogP contribution in [0.5, 0.6) is 0 Å². The molecule has 2 heterocycles. The van der Waals surface area contributed by atoms with Gasteiger partial charge in [0, 0.05) is 28.9 Å². The molecule has 5 heteroatoms. The third kappa shape index (κ3) is 1.86. The zero-order valence-electron chi connectivity index (χ0n) is 9.19. The largest absolute Gasteiger partial charge is 0.375 e. The minimum absolute atomic E-state index is 0.103. The van der Waals surface area contributed by atoms with Crippen LogP contribution in [-0.2, 0) is 13.0 Å². The van der Waals surface area contributed by atoms with E-state index in [1.165, 1.54) is 17.4 Å². The first-order valence-electron chi connectivity index (χ1n) is 5.46. The van der Waals surface area contributed by atoms with E-state index < -0.39 is 0 Å². The van der Waals surface area contributed by atoms with Crippen LogP contribution in [0, 0.1) is 5.82 Å². The van der Waals surface area contributed by atoms with E-state index in [4.69, 9.17) is 5.73 Å². The lowest BCUT2D eigenvalue weighted by atomic mass is 10.1. The Labute approximate surface area is 103 Å². The van der Waals surface area contributed by atoms with Crippen LogP contribution >= 0.6 is 11.3 Å². The van der Waals surface area contributed by atoms with Gasteiger partial charge in [0.15, 0.2) is 5.13 Å². The minimum Gasteiger partial charge on any atom is -0.375 e. The number of hydrogen-bond donors (Lipinski definition) is 1. The highest BCUT2D eigenvalue weighted by molar-refractivity contribution is 7.15. The van der Waals surface area contributed by atoms with Gasteiger partial charge in [-0.2, -0.15) is 0 Å². The van der Waals surface area contributed by atoms with E-state index in [1.54, 1.807) is 12.3 Å². The molecule has 2 N–H and O–H groups in total. The number of hydrogen-bond acceptors (Lipinski definition) is 4. The molecule has 1 aliphatic heterocycles. The van der Waals surface area contributed by atoms with Crippen LogP contribution in [0.1, 0.15) is 10.4 Å². The van der Waals surface area contributed by atoms with Crippen molar-refractivity contribution in [1.29, 1.82) is 0 Å². The van der Waals surface area contributed by atoms with Crippen molar-refractivity contribution in [3.8, 4) is 0 Å². The molecule has 0 bridgehead atoms. The van der Waals surface area contributed by atoms with Gasteiger partial charge in [0.05, 0.1) is 6.54 Å². The van der Waals surface area contributed by atoms with Crippen LogP contribution in [0.15, 0.2) is 24.4 Å². The standard InChI is InChI=1S/C12H12FN3S/c13-10-2-1-3-11-9(10)4-5-16(11)7-8-6-15-12(14)17-8/h1-3,6H,4-5,7H2,(H2,14,15). The number of fused-ring (bicyclic) bond motifs is 1. The van der Waals surface area contributed by atoms with Gasteiger partial charge in [-0.1, -0.05) is 6.07 Å². The number of anilines is 2. The van der Waals surface area contributed by atoms with E-state index in [2.05, 4.69) is 9.88 Å². The normalized spacial score (nSPS) is 14.1. The molecular weight excluding hydrogens is 237 g/mol. The molecule has 0 saturated carbocycles. The second kappa shape index (κ2) is 4.00. The summed E-state index contributed by atoms with van der Waals surface area (Å²) in [4.78, 5) is 7.31. The lowest BCUT2D eigenvalue weighted by Gasteiger charge is -2.17. The smallest absolute Gasteiger partial charge is 0.180 e. The predicted molar refractivity (Wildman–Crippen MR) is 67.7 cm³/mol. The molecule has 0 aliphatic carbocycles. The molecule has 0 saturated heterocycles. The average molecular weight is 249 g/mol. The number of rotatable bonds is 2. The van der Waals surface area contributed by atoms with Gasteiger partial charge in [0.1, 0.15) is 5.82 Å². The van der Waals surface area contributed by atoms with Crippen molar-refractivity contribution in [2.24, 2.45) is 0 Å². The second-order valence-corrected chi connectivity index (χ2v) is 5.22. The van der Waals surface area contributed by atoms with Crippen LogP contribution in [-0.4, -0.2) is 11.5 Å². The maximum absolute atomic E-state index is 13.6. The van der Waals surface area contributed by atoms with Crippen molar-refractivity contribution >= 4 is 22.2 Å². The Kier molecular flexibility index (Phi) is 2.48. The van der Waals surface area contributed by atoms with Crippen molar-refractivity contribution < 1.29 is 4.39 Å². The summed E-state index contributed by atoms with van der Waals surface area (Å²) in [6.07, 6.45) is 2.56. The van der Waals surface area contributed by atoms with Gasteiger partial charge in [-0.25, -0.2) is 9.37 Å². The van der Waals surface area contributed by atoms with E-state index >= 15 is 0 Å². The second-order valence-electron chi connectivity index (χ2n) is 4.07. The number of nitrogens with two attached hydrogens (primary N) is 1. The average Bonchev–Trinajstić information content (AvgIpc) is 2.88. The molecule has 1 aliphatic rings. The van der Waals surface area contributed by atoms with Gasteiger partial charge < -0.3 is 10.6 Å². The summed E-state index contributed by atoms with van der Waals surface area (Å²) < 4.78 is 13.6. The van der Waals surface area contributed by atoms with Gasteiger partial charge >= 0.3 is 0 Å². The fourth-order valence-electron chi connectivity index (χ4n) is 2.21. The summed E-state index contributed by atoms with van der Waals surface area (Å²) in [6, 6.07) is 5.25. The Balaban J connectivity index is 1.86. The lowest BCUT2D eigenvalue weighted by molar-refractivity contribution is 0.615. The molecule has 3 rings (SSSR count). The van der Waals surface area contributed by atoms with Gasteiger partial charge in [0.2, 0.25) is 0 Å². The van der Waals surface area contributed by atoms with E-state index in [0.29, 0.717) is 5.13 Å². The molecule has 88 valence electrons. The number of aromatic nitrogens is 1. The summed E-state index contributed by atoms with van der Waals surface area (Å²) in [5.41, 5.74) is 7.42. The molecule has 0 fully saturated rings. The van der Waals surface area contributed by atoms with Crippen LogP contribution < -0.4 is 10.6 Å². The van der Waals surface area contributed by atoms with E-state index in [-0.39, 0.29) is 5.82 Å². The Morgan fingerprint density at radius 3 is 3.12 bits per heavy atom. The van der Waals surface area contributed by atoms with Crippen LogP contribution in [0.25, 0.3) is 0 Å². The van der Waals surface area contributed by atoms with Crippen molar-refractivity contribution in [2.45, 2.75) is 13.0 Å². The fourth-order valence-corrected chi connectivity index (χ4v) is 2.91. The van der Waals surface area contributed by atoms with Gasteiger partial charge in [-0.05, 0) is 18.6 Å². The van der Waals surface area contributed by atoms with Crippen molar-refractivity contribution in [1.82, 2.24) is 4.98 Å². The topological polar surface area (TPSA) is 42.1 Å². The first-order valence-corrected chi connectivity index (χ1v) is 6.28. The number of halogens is 1. The lowest BCUT2D eigenvalue weighted by Crippen LogP contribution is -2.18. The van der Waals surface area contributed by atoms with E-state index in [0.717, 1.165) is 35.6 Å². The fraction of sp³-hybridized carbons (Fsp3) is 0.250. The number of nitrogens with zero attached hydrogens (tertiary/aromatic N) is 2. The molecule has 0 atom stereocenters. The molecule has 2 aromatic rings. The van der Waals surface area contributed by atoms with Gasteiger partial charge in [0.25, 0.3) is 0 Å². The van der Waals surface area contributed by atoms with E-state index in [9.17, 15) is 4.39 Å². The molecule has 0 spiro atoms. The summed E-state index contributed by atoms with van der Waals surface area (Å²) in [6.45, 7) is 1.61. The monoisotopic (exact) mass is 249 g/mol. The Morgan fingerprint density at radius 1 is 1.47 bits per heavy atom. The SMILES string of the molecule is Nc1ncc(CN2CCc3c(F)cccc32)s1. The van der Waals surface area contributed by atoms with E-state index in [1.807, 2.05) is 6.07 Å². The van der Waals surface area contributed by atoms with Crippen molar-refractivity contribution in [2.75, 3.05) is 17.2 Å². The molecule has 3 nitrogen and oxygen atoms in total. The quantitative estimate of drug-likeness (QED) is 0.888. The zero-order chi connectivity index (χ0) is 11.8. The van der Waals surface area contributed by atoms with Crippen molar-refractivity contribution in [3.05, 3.63) is 40.7 Å². The number of thiazole rings is 1. The van der Waals surface area contributed by atoms with Gasteiger partial charge in [-0.15, -0.1) is 11.3 Å². The summed E-state index contributed by atoms with van der Waals surface area (Å²) in [5, 5.41) is 0.582. The van der Waals surface area contributed by atoms with Crippen LogP contribution in [0.4, 0.5) is 15.2 Å². The summed E-state index contributed by atoms with van der Waals surface area (Å²) in [5.74, 6) is -0.103. The molecule has 1 aromatic carbocycles. The third-order valence-corrected chi connectivity index (χ3v) is 3.80. The molecule has 0 radical (unpaired) electrons. The maximum atomic E-state index is 13.6. The Bertz CT molecular complexity index is 552. The highest BCUT2D eigenvalue weighted by Gasteiger charge is 2.22. The molecule has 17 heavy (non-hydrogen) atoms. The van der Waals surface area contributed by atoms with Crippen molar-refractivity contribution in [3.63, 3.8) is 0 Å². The zero-order valence-corrected chi connectivity index (χ0v) is 10.0. The molecule has 0 unspecified atom stereocenters. The van der Waals surface area contributed by atoms with Crippen LogP contribution in [0.3, 0.4) is 0 Å². The number of nitrogen functional groups attached to an aromatic ring is 1. The summed E-state index contributed by atoms with van der Waals surface area (Å²) >= 11 is 1.48. The van der Waals surface area contributed by atoms with Gasteiger partial charge in [-0.3, -0.25) is 0 Å². The van der Waals surface area contributed by atoms with Crippen LogP contribution in [0.2, 0.25) is 0 Å². The first kappa shape index (κ1) is 10.5. The summed E-state index contributed by atoms with van der Waals surface area (Å²) in [7, 11) is 0. The Morgan fingerprint density at radius 2 is 2.35 bits per heavy atom. The highest BCUT2D eigenvalue weighted by atomic mass is 32.1. The minimum atomic E-state index is -0.103. The Hall–Kier alpha value is -1.62. The maximum Gasteiger partial charge on any atom is 0.180 e. The third-order valence-electron chi connectivity index (χ3n) is 2.98. The first-order chi connectivity index (χ1) is 8.24. The predicted octanol–water partition coefficient (Wildman–Crippen LogP) is 2.43. The molecule has 0 amide bonds.